The Morgan fingerprint density at radius 3 is 3.00 bits per heavy atom. The minimum absolute atomic E-state index is 0.0878. The van der Waals surface area contributed by atoms with Crippen LogP contribution in [0.1, 0.15) is 25.7 Å². The molecule has 1 unspecified atom stereocenters. The zero-order valence-corrected chi connectivity index (χ0v) is 11.8. The third-order valence-corrected chi connectivity index (χ3v) is 3.89. The number of hydrogen-bond donors (Lipinski definition) is 1. The fourth-order valence-corrected chi connectivity index (χ4v) is 2.58. The molecule has 0 bridgehead atoms. The first kappa shape index (κ1) is 14.3. The number of piperidine rings is 1. The molecule has 4 heteroatoms. The lowest BCUT2D eigenvalue weighted by Gasteiger charge is -2.26. The van der Waals surface area contributed by atoms with Crippen LogP contribution in [-0.4, -0.2) is 42.2 Å². The minimum Gasteiger partial charge on any atom is -0.314 e. The van der Waals surface area contributed by atoms with E-state index in [0.29, 0.717) is 6.04 Å². The van der Waals surface area contributed by atoms with Gasteiger partial charge in [-0.05, 0) is 45.5 Å². The third kappa shape index (κ3) is 4.80. The molecule has 1 aromatic heterocycles. The van der Waals surface area contributed by atoms with Crippen molar-refractivity contribution in [2.24, 2.45) is 0 Å². The standard InChI is InChI=1S/C15H25N3O/c1-17(11-8-14-6-2-4-9-16-14)12-13-18-10-5-3-7-15(18)19/h3,5,7,10,14,16H,2,4,6,8-9,11-13H2,1H3. The molecule has 0 aromatic carbocycles. The van der Waals surface area contributed by atoms with Gasteiger partial charge in [-0.2, -0.15) is 0 Å². The molecule has 2 heterocycles. The molecule has 0 saturated carbocycles. The molecule has 1 aliphatic heterocycles. The topological polar surface area (TPSA) is 37.3 Å². The van der Waals surface area contributed by atoms with Gasteiger partial charge >= 0.3 is 0 Å². The van der Waals surface area contributed by atoms with Gasteiger partial charge in [-0.1, -0.05) is 12.5 Å². The number of likely N-dealkylation sites (N-methyl/N-ethyl adjacent to an activating group) is 1. The van der Waals surface area contributed by atoms with Gasteiger partial charge in [0, 0.05) is 31.4 Å². The third-order valence-electron chi connectivity index (χ3n) is 3.89. The Balaban J connectivity index is 1.68. The Labute approximate surface area is 115 Å². The van der Waals surface area contributed by atoms with Gasteiger partial charge in [0.1, 0.15) is 0 Å². The number of aromatic nitrogens is 1. The zero-order chi connectivity index (χ0) is 13.5. The second-order valence-electron chi connectivity index (χ2n) is 5.47. The molecule has 106 valence electrons. The fraction of sp³-hybridized carbons (Fsp3) is 0.667. The van der Waals surface area contributed by atoms with Crippen LogP contribution in [0.25, 0.3) is 0 Å². The number of nitrogens with zero attached hydrogens (tertiary/aromatic N) is 2. The highest BCUT2D eigenvalue weighted by atomic mass is 16.1. The highest BCUT2D eigenvalue weighted by Crippen LogP contribution is 2.10. The van der Waals surface area contributed by atoms with Gasteiger partial charge in [-0.3, -0.25) is 4.79 Å². The summed E-state index contributed by atoms with van der Waals surface area (Å²) in [7, 11) is 2.14. The lowest BCUT2D eigenvalue weighted by Crippen LogP contribution is -2.37. The zero-order valence-electron chi connectivity index (χ0n) is 11.8. The van der Waals surface area contributed by atoms with E-state index < -0.39 is 0 Å². The highest BCUT2D eigenvalue weighted by molar-refractivity contribution is 4.93. The predicted molar refractivity (Wildman–Crippen MR) is 78.5 cm³/mol. The van der Waals surface area contributed by atoms with E-state index in [1.165, 1.54) is 32.2 Å². The van der Waals surface area contributed by atoms with Gasteiger partial charge < -0.3 is 14.8 Å². The van der Waals surface area contributed by atoms with Gasteiger partial charge in [0.05, 0.1) is 0 Å². The molecule has 2 rings (SSSR count). The van der Waals surface area contributed by atoms with Crippen LogP contribution in [0.4, 0.5) is 0 Å². The van der Waals surface area contributed by atoms with E-state index in [4.69, 9.17) is 0 Å². The van der Waals surface area contributed by atoms with Gasteiger partial charge in [-0.25, -0.2) is 0 Å². The molecule has 1 N–H and O–H groups in total. The van der Waals surface area contributed by atoms with Gasteiger partial charge in [0.15, 0.2) is 0 Å². The quantitative estimate of drug-likeness (QED) is 0.841. The molecule has 19 heavy (non-hydrogen) atoms. The minimum atomic E-state index is 0.0878. The van der Waals surface area contributed by atoms with Crippen molar-refractivity contribution in [1.29, 1.82) is 0 Å². The summed E-state index contributed by atoms with van der Waals surface area (Å²) in [6.07, 6.45) is 7.06. The second-order valence-corrected chi connectivity index (χ2v) is 5.47. The van der Waals surface area contributed by atoms with E-state index in [2.05, 4.69) is 17.3 Å². The molecule has 1 fully saturated rings. The molecule has 1 aromatic rings. The SMILES string of the molecule is CN(CCC1CCCCN1)CCn1ccccc1=O. The molecule has 1 aliphatic rings. The summed E-state index contributed by atoms with van der Waals surface area (Å²) < 4.78 is 1.77. The Morgan fingerprint density at radius 2 is 2.26 bits per heavy atom. The number of pyridine rings is 1. The second kappa shape index (κ2) is 7.46. The van der Waals surface area contributed by atoms with Gasteiger partial charge in [0.2, 0.25) is 0 Å². The van der Waals surface area contributed by atoms with Crippen LogP contribution < -0.4 is 10.9 Å². The summed E-state index contributed by atoms with van der Waals surface area (Å²) >= 11 is 0. The van der Waals surface area contributed by atoms with Crippen molar-refractivity contribution in [2.75, 3.05) is 26.7 Å². The first-order chi connectivity index (χ1) is 9.25. The van der Waals surface area contributed by atoms with Crippen molar-refractivity contribution in [3.05, 3.63) is 34.7 Å². The Morgan fingerprint density at radius 1 is 1.37 bits per heavy atom. The lowest BCUT2D eigenvalue weighted by molar-refractivity contribution is 0.278. The van der Waals surface area contributed by atoms with Crippen LogP contribution >= 0.6 is 0 Å². The smallest absolute Gasteiger partial charge is 0.250 e. The summed E-state index contributed by atoms with van der Waals surface area (Å²) in [5, 5.41) is 3.58. The van der Waals surface area contributed by atoms with E-state index in [1.54, 1.807) is 16.7 Å². The first-order valence-corrected chi connectivity index (χ1v) is 7.33. The van der Waals surface area contributed by atoms with Gasteiger partial charge in [-0.15, -0.1) is 0 Å². The van der Waals surface area contributed by atoms with Crippen LogP contribution in [-0.2, 0) is 6.54 Å². The lowest BCUT2D eigenvalue weighted by atomic mass is 10.0. The molecule has 0 spiro atoms. The monoisotopic (exact) mass is 263 g/mol. The van der Waals surface area contributed by atoms with Crippen LogP contribution in [0.2, 0.25) is 0 Å². The van der Waals surface area contributed by atoms with Crippen molar-refractivity contribution < 1.29 is 0 Å². The van der Waals surface area contributed by atoms with Crippen molar-refractivity contribution in [2.45, 2.75) is 38.3 Å². The van der Waals surface area contributed by atoms with Crippen molar-refractivity contribution in [1.82, 2.24) is 14.8 Å². The normalized spacial score (nSPS) is 19.8. The molecule has 1 atom stereocenters. The van der Waals surface area contributed by atoms with E-state index in [1.807, 2.05) is 12.3 Å². The average Bonchev–Trinajstić information content (AvgIpc) is 2.45. The van der Waals surface area contributed by atoms with Crippen LogP contribution in [0, 0.1) is 0 Å². The summed E-state index contributed by atoms with van der Waals surface area (Å²) in [5.74, 6) is 0. The average molecular weight is 263 g/mol. The highest BCUT2D eigenvalue weighted by Gasteiger charge is 2.12. The molecule has 1 saturated heterocycles. The van der Waals surface area contributed by atoms with E-state index in [0.717, 1.165) is 19.6 Å². The summed E-state index contributed by atoms with van der Waals surface area (Å²) in [6.45, 7) is 3.97. The molecule has 0 radical (unpaired) electrons. The summed E-state index contributed by atoms with van der Waals surface area (Å²) in [4.78, 5) is 13.9. The molecule has 4 nitrogen and oxygen atoms in total. The number of hydrogen-bond acceptors (Lipinski definition) is 3. The maximum Gasteiger partial charge on any atom is 0.250 e. The Kier molecular flexibility index (Phi) is 5.61. The summed E-state index contributed by atoms with van der Waals surface area (Å²) in [6, 6.07) is 6.01. The van der Waals surface area contributed by atoms with Crippen molar-refractivity contribution in [3.8, 4) is 0 Å². The Bertz CT molecular complexity index is 423. The molecule has 0 amide bonds. The van der Waals surface area contributed by atoms with Crippen molar-refractivity contribution in [3.63, 3.8) is 0 Å². The molecule has 0 aliphatic carbocycles. The summed E-state index contributed by atoms with van der Waals surface area (Å²) in [5.41, 5.74) is 0.0878. The Hall–Kier alpha value is -1.13. The van der Waals surface area contributed by atoms with Crippen molar-refractivity contribution >= 4 is 0 Å². The fourth-order valence-electron chi connectivity index (χ4n) is 2.58. The van der Waals surface area contributed by atoms with E-state index in [-0.39, 0.29) is 5.56 Å². The maximum atomic E-state index is 11.6. The predicted octanol–water partition coefficient (Wildman–Crippen LogP) is 1.31. The maximum absolute atomic E-state index is 11.6. The molecular weight excluding hydrogens is 238 g/mol. The van der Waals surface area contributed by atoms with Crippen LogP contribution in [0.3, 0.4) is 0 Å². The molecular formula is C15H25N3O. The van der Waals surface area contributed by atoms with Crippen LogP contribution in [0.5, 0.6) is 0 Å². The van der Waals surface area contributed by atoms with E-state index in [9.17, 15) is 4.79 Å². The largest absolute Gasteiger partial charge is 0.314 e. The van der Waals surface area contributed by atoms with E-state index >= 15 is 0 Å². The number of nitrogens with one attached hydrogen (secondary N) is 1. The number of rotatable bonds is 6. The van der Waals surface area contributed by atoms with Crippen LogP contribution in [0.15, 0.2) is 29.2 Å². The first-order valence-electron chi connectivity index (χ1n) is 7.33. The van der Waals surface area contributed by atoms with Gasteiger partial charge in [0.25, 0.3) is 5.56 Å².